The summed E-state index contributed by atoms with van der Waals surface area (Å²) in [6.07, 6.45) is 3.10. The number of hydrogen-bond acceptors (Lipinski definition) is 4. The van der Waals surface area contributed by atoms with E-state index in [-0.39, 0.29) is 17.9 Å². The first-order chi connectivity index (χ1) is 13.1. The number of carbonyl (C=O) groups is 2. The lowest BCUT2D eigenvalue weighted by atomic mass is 9.82. The zero-order chi connectivity index (χ0) is 18.9. The van der Waals surface area contributed by atoms with Gasteiger partial charge in [0.2, 0.25) is 5.91 Å². The van der Waals surface area contributed by atoms with Gasteiger partial charge in [0, 0.05) is 25.8 Å². The van der Waals surface area contributed by atoms with E-state index in [2.05, 4.69) is 27.6 Å². The van der Waals surface area contributed by atoms with Gasteiger partial charge in [-0.2, -0.15) is 5.10 Å². The van der Waals surface area contributed by atoms with Crippen molar-refractivity contribution in [3.05, 3.63) is 53.3 Å². The van der Waals surface area contributed by atoms with Gasteiger partial charge in [-0.1, -0.05) is 24.3 Å². The van der Waals surface area contributed by atoms with E-state index in [4.69, 9.17) is 4.74 Å². The van der Waals surface area contributed by atoms with Gasteiger partial charge in [0.15, 0.2) is 0 Å². The maximum atomic E-state index is 13.3. The molecule has 4 rings (SSSR count). The summed E-state index contributed by atoms with van der Waals surface area (Å²) in [7, 11) is 0. The van der Waals surface area contributed by atoms with Crippen LogP contribution in [0, 0.1) is 0 Å². The maximum Gasteiger partial charge on any atom is 0.269 e. The predicted octanol–water partition coefficient (Wildman–Crippen LogP) is 1.27. The summed E-state index contributed by atoms with van der Waals surface area (Å²) < 4.78 is 5.76. The molecule has 0 radical (unpaired) electrons. The molecule has 1 saturated heterocycles. The normalized spacial score (nSPS) is 24.5. The molecule has 2 atom stereocenters. The Kier molecular flexibility index (Phi) is 4.70. The van der Waals surface area contributed by atoms with Gasteiger partial charge in [0.25, 0.3) is 5.91 Å². The number of nitrogens with one attached hydrogen (secondary N) is 2. The minimum atomic E-state index is -0.475. The Morgan fingerprint density at radius 3 is 3.04 bits per heavy atom. The van der Waals surface area contributed by atoms with Crippen LogP contribution in [0.15, 0.2) is 36.5 Å². The molecule has 0 bridgehead atoms. The molecule has 1 fully saturated rings. The first-order valence-corrected chi connectivity index (χ1v) is 9.35. The number of amides is 2. The minimum Gasteiger partial charge on any atom is -0.373 e. The lowest BCUT2D eigenvalue weighted by Crippen LogP contribution is -2.54. The third kappa shape index (κ3) is 3.35. The Morgan fingerprint density at radius 2 is 2.22 bits per heavy atom. The summed E-state index contributed by atoms with van der Waals surface area (Å²) >= 11 is 0. The minimum absolute atomic E-state index is 0.153. The molecule has 27 heavy (non-hydrogen) atoms. The molecule has 2 amide bonds. The SMILES string of the molecule is CC1(C(=O)N2CCOC(CNC(=O)c3ccn[nH]3)C2)CCc2ccccc21. The van der Waals surface area contributed by atoms with Gasteiger partial charge in [0.05, 0.1) is 18.1 Å². The van der Waals surface area contributed by atoms with E-state index in [1.54, 1.807) is 6.07 Å². The zero-order valence-electron chi connectivity index (χ0n) is 15.4. The summed E-state index contributed by atoms with van der Waals surface area (Å²) in [4.78, 5) is 27.3. The number of H-pyrrole nitrogens is 1. The summed E-state index contributed by atoms with van der Waals surface area (Å²) in [5, 5.41) is 9.24. The average molecular weight is 368 g/mol. The molecule has 0 saturated carbocycles. The van der Waals surface area contributed by atoms with E-state index < -0.39 is 5.41 Å². The number of hydrogen-bond donors (Lipinski definition) is 2. The van der Waals surface area contributed by atoms with Crippen molar-refractivity contribution in [3.63, 3.8) is 0 Å². The maximum absolute atomic E-state index is 13.3. The van der Waals surface area contributed by atoms with Crippen LogP contribution in [-0.2, 0) is 21.4 Å². The molecule has 2 unspecified atom stereocenters. The molecule has 2 N–H and O–H groups in total. The molecule has 2 aromatic rings. The predicted molar refractivity (Wildman–Crippen MR) is 99.4 cm³/mol. The van der Waals surface area contributed by atoms with E-state index in [9.17, 15) is 9.59 Å². The van der Waals surface area contributed by atoms with E-state index in [1.807, 2.05) is 24.0 Å². The molecule has 142 valence electrons. The van der Waals surface area contributed by atoms with Gasteiger partial charge < -0.3 is 15.0 Å². The van der Waals surface area contributed by atoms with Crippen LogP contribution >= 0.6 is 0 Å². The summed E-state index contributed by atoms with van der Waals surface area (Å²) in [6.45, 7) is 3.95. The molecule has 2 aliphatic rings. The number of morpholine rings is 1. The number of aromatic nitrogens is 2. The van der Waals surface area contributed by atoms with Crippen molar-refractivity contribution in [2.75, 3.05) is 26.2 Å². The first-order valence-electron chi connectivity index (χ1n) is 9.35. The monoisotopic (exact) mass is 368 g/mol. The van der Waals surface area contributed by atoms with Gasteiger partial charge in [-0.3, -0.25) is 14.7 Å². The van der Waals surface area contributed by atoms with Gasteiger partial charge in [-0.15, -0.1) is 0 Å². The molecule has 1 aliphatic heterocycles. The number of benzene rings is 1. The van der Waals surface area contributed by atoms with Crippen LogP contribution in [0.25, 0.3) is 0 Å². The zero-order valence-corrected chi connectivity index (χ0v) is 15.4. The topological polar surface area (TPSA) is 87.3 Å². The Morgan fingerprint density at radius 1 is 1.37 bits per heavy atom. The molecule has 1 aromatic carbocycles. The molecule has 7 heteroatoms. The van der Waals surface area contributed by atoms with E-state index >= 15 is 0 Å². The van der Waals surface area contributed by atoms with Crippen molar-refractivity contribution in [1.82, 2.24) is 20.4 Å². The molecule has 1 aromatic heterocycles. The van der Waals surface area contributed by atoms with Crippen molar-refractivity contribution in [1.29, 1.82) is 0 Å². The van der Waals surface area contributed by atoms with E-state index in [1.165, 1.54) is 11.8 Å². The van der Waals surface area contributed by atoms with Gasteiger partial charge in [0.1, 0.15) is 5.69 Å². The van der Waals surface area contributed by atoms with Crippen molar-refractivity contribution >= 4 is 11.8 Å². The van der Waals surface area contributed by atoms with Crippen molar-refractivity contribution < 1.29 is 14.3 Å². The van der Waals surface area contributed by atoms with Crippen LogP contribution < -0.4 is 5.32 Å². The van der Waals surface area contributed by atoms with Crippen molar-refractivity contribution in [3.8, 4) is 0 Å². The highest BCUT2D eigenvalue weighted by atomic mass is 16.5. The first kappa shape index (κ1) is 17.7. The van der Waals surface area contributed by atoms with Crippen LogP contribution in [0.3, 0.4) is 0 Å². The number of fused-ring (bicyclic) bond motifs is 1. The van der Waals surface area contributed by atoms with Crippen LogP contribution in [0.5, 0.6) is 0 Å². The Hall–Kier alpha value is -2.67. The standard InChI is InChI=1S/C20H24N4O3/c1-20(8-6-14-4-2-3-5-16(14)20)19(26)24-10-11-27-15(13-24)12-21-18(25)17-7-9-22-23-17/h2-5,7,9,15H,6,8,10-13H2,1H3,(H,21,25)(H,22,23). The average Bonchev–Trinajstić information content (AvgIpc) is 3.35. The second-order valence-corrected chi connectivity index (χ2v) is 7.41. The fourth-order valence-corrected chi connectivity index (χ4v) is 4.08. The van der Waals surface area contributed by atoms with Crippen molar-refractivity contribution in [2.24, 2.45) is 0 Å². The number of rotatable bonds is 4. The third-order valence-electron chi connectivity index (χ3n) is 5.64. The van der Waals surface area contributed by atoms with Crippen LogP contribution in [0.4, 0.5) is 0 Å². The summed E-state index contributed by atoms with van der Waals surface area (Å²) in [5.41, 5.74) is 2.35. The number of aryl methyl sites for hydroxylation is 1. The lowest BCUT2D eigenvalue weighted by Gasteiger charge is -2.38. The van der Waals surface area contributed by atoms with Crippen LogP contribution in [0.2, 0.25) is 0 Å². The molecule has 1 aliphatic carbocycles. The Labute approximate surface area is 158 Å². The number of nitrogens with zero attached hydrogens (tertiary/aromatic N) is 2. The van der Waals surface area contributed by atoms with Crippen molar-refractivity contribution in [2.45, 2.75) is 31.3 Å². The van der Waals surface area contributed by atoms with Crippen LogP contribution in [0.1, 0.15) is 35.0 Å². The van der Waals surface area contributed by atoms with Gasteiger partial charge in [-0.05, 0) is 37.0 Å². The second kappa shape index (κ2) is 7.15. The highest BCUT2D eigenvalue weighted by Crippen LogP contribution is 2.40. The van der Waals surface area contributed by atoms with E-state index in [0.717, 1.165) is 18.4 Å². The fourth-order valence-electron chi connectivity index (χ4n) is 4.08. The molecule has 0 spiro atoms. The quantitative estimate of drug-likeness (QED) is 0.851. The summed E-state index contributed by atoms with van der Waals surface area (Å²) in [5.74, 6) is -0.0723. The summed E-state index contributed by atoms with van der Waals surface area (Å²) in [6, 6.07) is 9.83. The highest BCUT2D eigenvalue weighted by molar-refractivity contribution is 5.92. The number of ether oxygens (including phenoxy) is 1. The molecule has 7 nitrogen and oxygen atoms in total. The van der Waals surface area contributed by atoms with Gasteiger partial charge in [-0.25, -0.2) is 0 Å². The van der Waals surface area contributed by atoms with E-state index in [0.29, 0.717) is 31.9 Å². The Balaban J connectivity index is 1.40. The number of carbonyl (C=O) groups excluding carboxylic acids is 2. The fraction of sp³-hybridized carbons (Fsp3) is 0.450. The lowest BCUT2D eigenvalue weighted by molar-refractivity contribution is -0.144. The third-order valence-corrected chi connectivity index (χ3v) is 5.64. The van der Waals surface area contributed by atoms with Gasteiger partial charge >= 0.3 is 0 Å². The van der Waals surface area contributed by atoms with Crippen LogP contribution in [-0.4, -0.2) is 59.3 Å². The Bertz CT molecular complexity index is 836. The highest BCUT2D eigenvalue weighted by Gasteiger charge is 2.44. The molecule has 2 heterocycles. The largest absolute Gasteiger partial charge is 0.373 e. The molecular formula is C20H24N4O3. The smallest absolute Gasteiger partial charge is 0.269 e. The second-order valence-electron chi connectivity index (χ2n) is 7.41. The number of aromatic amines is 1. The molecular weight excluding hydrogens is 344 g/mol.